The van der Waals surface area contributed by atoms with Crippen LogP contribution in [-0.2, 0) is 6.18 Å². The number of hydrogen-bond donors (Lipinski definition) is 2. The lowest BCUT2D eigenvalue weighted by Gasteiger charge is -2.14. The fraction of sp³-hybridized carbons (Fsp3) is 0.0500. The van der Waals surface area contributed by atoms with E-state index in [0.717, 1.165) is 18.2 Å². The second kappa shape index (κ2) is 7.39. The van der Waals surface area contributed by atoms with Crippen molar-refractivity contribution in [3.63, 3.8) is 0 Å². The van der Waals surface area contributed by atoms with Crippen LogP contribution in [0.2, 0.25) is 0 Å². The number of fused-ring (bicyclic) bond motifs is 1. The fourth-order valence-electron chi connectivity index (χ4n) is 3.19. The Hall–Kier alpha value is -4.29. The number of nitrogens with zero attached hydrogens (tertiary/aromatic N) is 1. The molecule has 7 nitrogen and oxygen atoms in total. The van der Waals surface area contributed by atoms with Crippen LogP contribution in [-0.4, -0.2) is 16.4 Å². The number of imide groups is 1. The zero-order valence-corrected chi connectivity index (χ0v) is 15.9. The molecule has 0 aliphatic carbocycles. The summed E-state index contributed by atoms with van der Waals surface area (Å²) in [5.41, 5.74) is 2.55. The van der Waals surface area contributed by atoms with Crippen molar-refractivity contribution in [1.29, 1.82) is 0 Å². The van der Waals surface area contributed by atoms with Gasteiger partial charge in [-0.15, -0.1) is 0 Å². The van der Waals surface area contributed by atoms with Gasteiger partial charge in [-0.2, -0.15) is 13.2 Å². The molecule has 1 aromatic heterocycles. The minimum absolute atomic E-state index is 0.0121. The van der Waals surface area contributed by atoms with Gasteiger partial charge < -0.3 is 10.5 Å². The van der Waals surface area contributed by atoms with E-state index in [4.69, 9.17) is 10.5 Å². The molecule has 0 spiro atoms. The quantitative estimate of drug-likeness (QED) is 0.451. The van der Waals surface area contributed by atoms with Crippen molar-refractivity contribution >= 4 is 17.6 Å². The maximum atomic E-state index is 14.6. The molecule has 3 aromatic rings. The third-order valence-electron chi connectivity index (χ3n) is 4.66. The molecule has 4 rings (SSSR count). The zero-order valence-electron chi connectivity index (χ0n) is 15.9. The minimum Gasteiger partial charge on any atom is -0.448 e. The number of alkyl halides is 3. The number of ether oxygens (including phenoxy) is 1. The van der Waals surface area contributed by atoms with Crippen molar-refractivity contribution in [2.75, 3.05) is 5.73 Å². The topological polar surface area (TPSA) is 103 Å². The van der Waals surface area contributed by atoms with Crippen molar-refractivity contribution in [3.05, 3.63) is 80.9 Å². The molecule has 0 saturated heterocycles. The molecule has 2 aromatic carbocycles. The van der Waals surface area contributed by atoms with Gasteiger partial charge in [0.05, 0.1) is 22.4 Å². The van der Waals surface area contributed by atoms with E-state index >= 15 is 0 Å². The largest absolute Gasteiger partial charge is 0.448 e. The van der Waals surface area contributed by atoms with Crippen LogP contribution in [0.1, 0.15) is 26.3 Å². The lowest BCUT2D eigenvalue weighted by atomic mass is 10.1. The Morgan fingerprint density at radius 3 is 2.09 bits per heavy atom. The van der Waals surface area contributed by atoms with Crippen molar-refractivity contribution in [3.8, 4) is 17.2 Å². The number of rotatable bonds is 3. The summed E-state index contributed by atoms with van der Waals surface area (Å²) in [5, 5.41) is 1.95. The highest BCUT2D eigenvalue weighted by Crippen LogP contribution is 2.36. The monoisotopic (exact) mass is 469 g/mol. The van der Waals surface area contributed by atoms with Crippen LogP contribution >= 0.6 is 0 Å². The molecule has 0 atom stereocenters. The van der Waals surface area contributed by atoms with Gasteiger partial charge in [0.15, 0.2) is 29.0 Å². The summed E-state index contributed by atoms with van der Waals surface area (Å²) >= 11 is 0. The summed E-state index contributed by atoms with van der Waals surface area (Å²) in [5.74, 6) is -8.93. The zero-order chi connectivity index (χ0) is 24.2. The van der Waals surface area contributed by atoms with E-state index in [2.05, 4.69) is 0 Å². The van der Waals surface area contributed by atoms with Gasteiger partial charge >= 0.3 is 6.18 Å². The third kappa shape index (κ3) is 3.66. The number of aromatic nitrogens is 1. The average Bonchev–Trinajstić information content (AvgIpc) is 2.98. The number of pyridine rings is 1. The second-order valence-electron chi connectivity index (χ2n) is 6.76. The first-order valence-corrected chi connectivity index (χ1v) is 8.83. The molecular weight excluding hydrogens is 460 g/mol. The number of halogens is 6. The molecule has 33 heavy (non-hydrogen) atoms. The molecule has 0 bridgehead atoms. The molecule has 1 aliphatic rings. The van der Waals surface area contributed by atoms with E-state index in [9.17, 15) is 40.7 Å². The fourth-order valence-corrected chi connectivity index (χ4v) is 3.19. The number of nitrogens with two attached hydrogens (primary N) is 1. The molecule has 170 valence electrons. The molecule has 2 amide bonds. The third-order valence-corrected chi connectivity index (χ3v) is 4.66. The number of carbonyl (C=O) groups excluding carboxylic acids is 2. The molecular formula is C20H9F6N3O4. The maximum Gasteiger partial charge on any atom is 0.416 e. The van der Waals surface area contributed by atoms with Crippen molar-refractivity contribution in [2.45, 2.75) is 6.18 Å². The lowest BCUT2D eigenvalue weighted by molar-refractivity contribution is -0.138. The Labute approximate surface area is 179 Å². The molecule has 13 heteroatoms. The van der Waals surface area contributed by atoms with Crippen molar-refractivity contribution < 1.29 is 40.7 Å². The van der Waals surface area contributed by atoms with Crippen LogP contribution in [0.15, 0.2) is 41.2 Å². The smallest absolute Gasteiger partial charge is 0.416 e. The molecule has 1 aliphatic heterocycles. The normalized spacial score (nSPS) is 13.2. The van der Waals surface area contributed by atoms with Crippen LogP contribution in [0.4, 0.5) is 32.2 Å². The van der Waals surface area contributed by atoms with Crippen LogP contribution in [0, 0.1) is 17.5 Å². The van der Waals surface area contributed by atoms with Gasteiger partial charge in [0, 0.05) is 12.1 Å². The van der Waals surface area contributed by atoms with Gasteiger partial charge in [-0.3, -0.25) is 24.3 Å². The van der Waals surface area contributed by atoms with E-state index < -0.39 is 63.9 Å². The van der Waals surface area contributed by atoms with Gasteiger partial charge in [0.25, 0.3) is 17.4 Å². The number of nitrogens with one attached hydrogen (secondary N) is 1. The molecule has 0 radical (unpaired) electrons. The Balaban J connectivity index is 1.73. The van der Waals surface area contributed by atoms with E-state index in [1.165, 1.54) is 0 Å². The van der Waals surface area contributed by atoms with Crippen LogP contribution in [0.3, 0.4) is 0 Å². The number of carbonyl (C=O) groups is 2. The first-order chi connectivity index (χ1) is 15.4. The summed E-state index contributed by atoms with van der Waals surface area (Å²) in [6.07, 6.45) is -5.02. The van der Waals surface area contributed by atoms with Gasteiger partial charge in [0.1, 0.15) is 5.82 Å². The first-order valence-electron chi connectivity index (χ1n) is 8.83. The standard InChI is InChI=1S/C20H9F6N3O4/c21-10-5-8(29-14(30)6-9-15(17(29)27)19(32)28-18(9)31)1-2-13(10)33-16-11(22)3-7(4-12(16)23)20(24,25)26/h1-6H,27H2,(H,28,31,32). The average molecular weight is 469 g/mol. The number of anilines is 1. The van der Waals surface area contributed by atoms with Gasteiger partial charge in [-0.05, 0) is 24.3 Å². The van der Waals surface area contributed by atoms with E-state index in [0.29, 0.717) is 10.6 Å². The number of amides is 2. The number of benzene rings is 2. The Bertz CT molecular complexity index is 1390. The summed E-state index contributed by atoms with van der Waals surface area (Å²) in [6, 6.07) is 3.35. The van der Waals surface area contributed by atoms with Crippen LogP contribution < -0.4 is 21.3 Å². The highest BCUT2D eigenvalue weighted by molar-refractivity contribution is 6.23. The van der Waals surface area contributed by atoms with Gasteiger partial charge in [0.2, 0.25) is 0 Å². The molecule has 2 heterocycles. The highest BCUT2D eigenvalue weighted by Gasteiger charge is 2.34. The SMILES string of the molecule is Nc1c2c(cc(=O)n1-c1ccc(Oc3c(F)cc(C(F)(F)F)cc3F)c(F)c1)C(=O)NC2=O. The van der Waals surface area contributed by atoms with Gasteiger partial charge in [-0.1, -0.05) is 0 Å². The van der Waals surface area contributed by atoms with Gasteiger partial charge in [-0.25, -0.2) is 13.2 Å². The van der Waals surface area contributed by atoms with Crippen molar-refractivity contribution in [1.82, 2.24) is 9.88 Å². The second-order valence-corrected chi connectivity index (χ2v) is 6.76. The molecule has 3 N–H and O–H groups in total. The Kier molecular flexibility index (Phi) is 4.91. The number of nitrogen functional groups attached to an aromatic ring is 1. The minimum atomic E-state index is -5.02. The predicted molar refractivity (Wildman–Crippen MR) is 99.6 cm³/mol. The maximum absolute atomic E-state index is 14.6. The first kappa shape index (κ1) is 21.9. The van der Waals surface area contributed by atoms with Crippen LogP contribution in [0.5, 0.6) is 11.5 Å². The Morgan fingerprint density at radius 2 is 1.52 bits per heavy atom. The molecule has 0 unspecified atom stereocenters. The summed E-state index contributed by atoms with van der Waals surface area (Å²) < 4.78 is 86.0. The molecule has 0 saturated carbocycles. The van der Waals surface area contributed by atoms with Crippen molar-refractivity contribution in [2.24, 2.45) is 0 Å². The summed E-state index contributed by atoms with van der Waals surface area (Å²) in [4.78, 5) is 36.0. The lowest BCUT2D eigenvalue weighted by Crippen LogP contribution is -2.24. The predicted octanol–water partition coefficient (Wildman–Crippen LogP) is 3.53. The summed E-state index contributed by atoms with van der Waals surface area (Å²) in [7, 11) is 0. The van der Waals surface area contributed by atoms with E-state index in [1.54, 1.807) is 0 Å². The number of hydrogen-bond acceptors (Lipinski definition) is 5. The summed E-state index contributed by atoms with van der Waals surface area (Å²) in [6.45, 7) is 0. The van der Waals surface area contributed by atoms with E-state index in [-0.39, 0.29) is 28.9 Å². The molecule has 0 fully saturated rings. The Morgan fingerprint density at radius 1 is 0.879 bits per heavy atom. The van der Waals surface area contributed by atoms with E-state index in [1.807, 2.05) is 5.32 Å². The highest BCUT2D eigenvalue weighted by atomic mass is 19.4. The van der Waals surface area contributed by atoms with Crippen LogP contribution in [0.25, 0.3) is 5.69 Å².